The van der Waals surface area contributed by atoms with Crippen molar-refractivity contribution in [2.75, 3.05) is 52.4 Å². The first-order chi connectivity index (χ1) is 19.1. The zero-order valence-corrected chi connectivity index (χ0v) is 22.8. The van der Waals surface area contributed by atoms with Gasteiger partial charge in [0, 0.05) is 62.9 Å². The van der Waals surface area contributed by atoms with Crippen LogP contribution < -0.4 is 5.32 Å². The van der Waals surface area contributed by atoms with Crippen molar-refractivity contribution in [2.24, 2.45) is 5.92 Å². The van der Waals surface area contributed by atoms with Crippen molar-refractivity contribution in [3.05, 3.63) is 71.3 Å². The number of rotatable bonds is 10. The van der Waals surface area contributed by atoms with Crippen LogP contribution in [0, 0.1) is 5.92 Å². The molecular formula is C30H37F3N4O3. The van der Waals surface area contributed by atoms with Crippen molar-refractivity contribution >= 4 is 17.6 Å². The monoisotopic (exact) mass is 558 g/mol. The van der Waals surface area contributed by atoms with E-state index in [9.17, 15) is 27.6 Å². The Morgan fingerprint density at radius 3 is 2.33 bits per heavy atom. The number of ketones is 1. The quantitative estimate of drug-likeness (QED) is 0.478. The molecule has 0 saturated carbocycles. The lowest BCUT2D eigenvalue weighted by atomic mass is 10.0. The molecule has 2 aromatic carbocycles. The van der Waals surface area contributed by atoms with Crippen molar-refractivity contribution in [1.29, 1.82) is 0 Å². The van der Waals surface area contributed by atoms with Gasteiger partial charge < -0.3 is 15.1 Å². The Labute approximate surface area is 233 Å². The van der Waals surface area contributed by atoms with Gasteiger partial charge in [0.25, 0.3) is 11.8 Å². The summed E-state index contributed by atoms with van der Waals surface area (Å²) < 4.78 is 38.7. The van der Waals surface area contributed by atoms with Crippen LogP contribution in [0.25, 0.3) is 0 Å². The van der Waals surface area contributed by atoms with E-state index in [0.29, 0.717) is 25.6 Å². The Morgan fingerprint density at radius 1 is 0.950 bits per heavy atom. The van der Waals surface area contributed by atoms with E-state index in [4.69, 9.17) is 0 Å². The summed E-state index contributed by atoms with van der Waals surface area (Å²) in [6.45, 7) is 7.65. The van der Waals surface area contributed by atoms with Crippen molar-refractivity contribution < 1.29 is 27.6 Å². The second kappa shape index (κ2) is 13.4. The molecule has 40 heavy (non-hydrogen) atoms. The van der Waals surface area contributed by atoms with E-state index in [0.717, 1.165) is 63.3 Å². The number of nitrogens with one attached hydrogen (secondary N) is 1. The lowest BCUT2D eigenvalue weighted by Crippen LogP contribution is -2.54. The van der Waals surface area contributed by atoms with E-state index in [-0.39, 0.29) is 29.7 Å². The van der Waals surface area contributed by atoms with Gasteiger partial charge in [0.1, 0.15) is 0 Å². The van der Waals surface area contributed by atoms with Gasteiger partial charge in [-0.1, -0.05) is 31.2 Å². The summed E-state index contributed by atoms with van der Waals surface area (Å²) in [5.74, 6) is -0.551. The first-order valence-electron chi connectivity index (χ1n) is 13.9. The molecule has 0 spiro atoms. The second-order valence-corrected chi connectivity index (χ2v) is 10.7. The molecule has 1 N–H and O–H groups in total. The lowest BCUT2D eigenvalue weighted by Gasteiger charge is -2.40. The molecule has 2 aromatic rings. The number of likely N-dealkylation sites (tertiary alicyclic amines) is 1. The number of carbonyl (C=O) groups is 3. The topological polar surface area (TPSA) is 73.0 Å². The third-order valence-corrected chi connectivity index (χ3v) is 7.86. The summed E-state index contributed by atoms with van der Waals surface area (Å²) in [5, 5.41) is 2.46. The molecule has 2 atom stereocenters. The van der Waals surface area contributed by atoms with Gasteiger partial charge >= 0.3 is 6.18 Å². The predicted octanol–water partition coefficient (Wildman–Crippen LogP) is 3.95. The van der Waals surface area contributed by atoms with Gasteiger partial charge in [-0.25, -0.2) is 0 Å². The number of Topliss-reactive ketones (excluding diaryl/α,β-unsaturated/α-hetero) is 1. The number of halogens is 3. The van der Waals surface area contributed by atoms with Crippen molar-refractivity contribution in [1.82, 2.24) is 20.0 Å². The third-order valence-electron chi connectivity index (χ3n) is 7.86. The van der Waals surface area contributed by atoms with E-state index in [1.165, 1.54) is 12.1 Å². The number of amides is 2. The van der Waals surface area contributed by atoms with Crippen molar-refractivity contribution in [3.63, 3.8) is 0 Å². The lowest BCUT2D eigenvalue weighted by molar-refractivity contribution is -0.137. The molecule has 4 rings (SSSR count). The highest BCUT2D eigenvalue weighted by Crippen LogP contribution is 2.29. The number of benzene rings is 2. The predicted molar refractivity (Wildman–Crippen MR) is 146 cm³/mol. The van der Waals surface area contributed by atoms with E-state index in [1.54, 1.807) is 0 Å². The molecule has 1 unspecified atom stereocenters. The van der Waals surface area contributed by atoms with Crippen LogP contribution in [0.4, 0.5) is 13.2 Å². The molecule has 2 fully saturated rings. The number of hydrogen-bond donors (Lipinski definition) is 1. The van der Waals surface area contributed by atoms with Gasteiger partial charge in [0.05, 0.1) is 12.1 Å². The highest BCUT2D eigenvalue weighted by atomic mass is 19.4. The minimum Gasteiger partial charge on any atom is -0.345 e. The van der Waals surface area contributed by atoms with Crippen LogP contribution in [0.5, 0.6) is 0 Å². The molecule has 0 aliphatic carbocycles. The fourth-order valence-electron chi connectivity index (χ4n) is 5.61. The van der Waals surface area contributed by atoms with E-state index in [1.807, 2.05) is 35.2 Å². The average Bonchev–Trinajstić information content (AvgIpc) is 3.41. The van der Waals surface area contributed by atoms with Crippen LogP contribution in [0.15, 0.2) is 54.6 Å². The zero-order chi connectivity index (χ0) is 28.7. The number of alkyl halides is 3. The van der Waals surface area contributed by atoms with Gasteiger partial charge in [0.2, 0.25) is 0 Å². The standard InChI is InChI=1S/C30H37F3N4O3/c1-2-26(36-13-15-37(16-14-36)29(40)23-7-4-3-5-8-23)21-35-12-11-22(20-35)17-27(38)19-34-28(39)24-9-6-10-25(18-24)30(31,32)33/h3-10,18,22,26H,2,11-17,19-21H2,1H3,(H,34,39)/t22-,26?/m0/s1. The summed E-state index contributed by atoms with van der Waals surface area (Å²) in [5.41, 5.74) is -0.299. The maximum atomic E-state index is 12.9. The van der Waals surface area contributed by atoms with Crippen molar-refractivity contribution in [2.45, 2.75) is 38.4 Å². The Kier molecular flexibility index (Phi) is 9.97. The summed E-state index contributed by atoms with van der Waals surface area (Å²) >= 11 is 0. The fourth-order valence-corrected chi connectivity index (χ4v) is 5.61. The SMILES string of the molecule is CCC(CN1CC[C@@H](CC(=O)CNC(=O)c2cccc(C(F)(F)F)c2)C1)N1CCN(C(=O)c2ccccc2)CC1. The molecule has 2 aliphatic rings. The van der Waals surface area contributed by atoms with Gasteiger partial charge in [-0.15, -0.1) is 0 Å². The van der Waals surface area contributed by atoms with Crippen molar-refractivity contribution in [3.8, 4) is 0 Å². The molecule has 2 amide bonds. The number of carbonyl (C=O) groups excluding carboxylic acids is 3. The van der Waals surface area contributed by atoms with Crippen LogP contribution in [0.1, 0.15) is 52.5 Å². The Morgan fingerprint density at radius 2 is 1.65 bits per heavy atom. The molecule has 2 heterocycles. The van der Waals surface area contributed by atoms with Gasteiger partial charge in [-0.3, -0.25) is 19.3 Å². The van der Waals surface area contributed by atoms with Crippen LogP contribution in [0.3, 0.4) is 0 Å². The molecule has 0 aromatic heterocycles. The molecule has 2 aliphatic heterocycles. The van der Waals surface area contributed by atoms with Crippen LogP contribution in [-0.2, 0) is 11.0 Å². The van der Waals surface area contributed by atoms with E-state index < -0.39 is 17.6 Å². The normalized spacial score (nSPS) is 19.4. The Hall–Kier alpha value is -3.24. The Balaban J connectivity index is 1.18. The number of hydrogen-bond acceptors (Lipinski definition) is 5. The first-order valence-corrected chi connectivity index (χ1v) is 13.9. The minimum atomic E-state index is -4.53. The van der Waals surface area contributed by atoms with Gasteiger partial charge in [-0.2, -0.15) is 13.2 Å². The molecule has 0 bridgehead atoms. The fraction of sp³-hybridized carbons (Fsp3) is 0.500. The first kappa shape index (κ1) is 29.7. The van der Waals surface area contributed by atoms with Crippen LogP contribution in [0.2, 0.25) is 0 Å². The third kappa shape index (κ3) is 7.91. The molecule has 0 radical (unpaired) electrons. The van der Waals surface area contributed by atoms with Gasteiger partial charge in [0.15, 0.2) is 5.78 Å². The van der Waals surface area contributed by atoms with Gasteiger partial charge in [-0.05, 0) is 55.6 Å². The number of piperazine rings is 1. The maximum absolute atomic E-state index is 12.9. The molecule has 2 saturated heterocycles. The average molecular weight is 559 g/mol. The maximum Gasteiger partial charge on any atom is 0.416 e. The molecule has 216 valence electrons. The zero-order valence-electron chi connectivity index (χ0n) is 22.8. The summed E-state index contributed by atoms with van der Waals surface area (Å²) in [6, 6.07) is 13.9. The molecule has 7 nitrogen and oxygen atoms in total. The largest absolute Gasteiger partial charge is 0.416 e. The van der Waals surface area contributed by atoms with Crippen LogP contribution in [-0.4, -0.2) is 90.7 Å². The Bertz CT molecular complexity index is 1170. The van der Waals surface area contributed by atoms with Crippen LogP contribution >= 0.6 is 0 Å². The summed E-state index contributed by atoms with van der Waals surface area (Å²) in [6.07, 6.45) is -2.32. The summed E-state index contributed by atoms with van der Waals surface area (Å²) in [7, 11) is 0. The smallest absolute Gasteiger partial charge is 0.345 e. The molecule has 10 heteroatoms. The number of nitrogens with zero attached hydrogens (tertiary/aromatic N) is 3. The highest BCUT2D eigenvalue weighted by molar-refractivity contribution is 5.97. The minimum absolute atomic E-state index is 0.0753. The highest BCUT2D eigenvalue weighted by Gasteiger charge is 2.32. The second-order valence-electron chi connectivity index (χ2n) is 10.7. The van der Waals surface area contributed by atoms with E-state index >= 15 is 0 Å². The van der Waals surface area contributed by atoms with E-state index in [2.05, 4.69) is 22.0 Å². The molecular weight excluding hydrogens is 521 g/mol. The summed E-state index contributed by atoms with van der Waals surface area (Å²) in [4.78, 5) is 44.3.